The molecule has 3 aromatic carbocycles. The molecular formula is C23H16Cl2FN3O2. The lowest BCUT2D eigenvalue weighted by molar-refractivity contribution is 0.251. The molecule has 0 aliphatic carbocycles. The molecule has 0 bridgehead atoms. The summed E-state index contributed by atoms with van der Waals surface area (Å²) in [6.07, 6.45) is 1.68. The molecule has 0 unspecified atom stereocenters. The Morgan fingerprint density at radius 3 is 2.52 bits per heavy atom. The van der Waals surface area contributed by atoms with Gasteiger partial charge in [-0.2, -0.15) is 0 Å². The van der Waals surface area contributed by atoms with E-state index in [2.05, 4.69) is 10.6 Å². The number of benzene rings is 3. The smallest absolute Gasteiger partial charge is 0.319 e. The van der Waals surface area contributed by atoms with E-state index in [0.29, 0.717) is 21.5 Å². The van der Waals surface area contributed by atoms with Gasteiger partial charge in [-0.25, -0.2) is 9.18 Å². The number of hydrogen-bond donors (Lipinski definition) is 2. The Morgan fingerprint density at radius 1 is 1.00 bits per heavy atom. The zero-order valence-electron chi connectivity index (χ0n) is 16.0. The maximum atomic E-state index is 13.6. The number of carbonyl (C=O) groups is 1. The van der Waals surface area contributed by atoms with Crippen LogP contribution in [0.1, 0.15) is 5.56 Å². The first-order chi connectivity index (χ1) is 14.9. The van der Waals surface area contributed by atoms with E-state index in [9.17, 15) is 14.0 Å². The minimum atomic E-state index is -0.640. The van der Waals surface area contributed by atoms with E-state index in [0.717, 1.165) is 11.8 Å². The number of pyridine rings is 1. The van der Waals surface area contributed by atoms with Gasteiger partial charge in [0.05, 0.1) is 10.5 Å². The first-order valence-corrected chi connectivity index (χ1v) is 10.1. The van der Waals surface area contributed by atoms with Gasteiger partial charge >= 0.3 is 6.03 Å². The van der Waals surface area contributed by atoms with Gasteiger partial charge in [-0.1, -0.05) is 41.4 Å². The lowest BCUT2D eigenvalue weighted by atomic mass is 10.1. The van der Waals surface area contributed by atoms with Crippen molar-refractivity contribution in [1.82, 2.24) is 9.88 Å². The molecule has 0 fully saturated rings. The molecule has 0 spiro atoms. The van der Waals surface area contributed by atoms with Crippen LogP contribution in [-0.2, 0) is 6.54 Å². The van der Waals surface area contributed by atoms with Crippen LogP contribution < -0.4 is 16.1 Å². The molecule has 156 valence electrons. The summed E-state index contributed by atoms with van der Waals surface area (Å²) in [6.45, 7) is -0.0217. The fourth-order valence-corrected chi connectivity index (χ4v) is 3.49. The fraction of sp³-hybridized carbons (Fsp3) is 0.0435. The number of urea groups is 1. The topological polar surface area (TPSA) is 63.1 Å². The number of anilines is 1. The first-order valence-electron chi connectivity index (χ1n) is 9.31. The molecule has 0 aliphatic rings. The van der Waals surface area contributed by atoms with Crippen molar-refractivity contribution in [3.05, 3.63) is 105 Å². The van der Waals surface area contributed by atoms with Crippen LogP contribution in [0.5, 0.6) is 0 Å². The summed E-state index contributed by atoms with van der Waals surface area (Å²) in [7, 11) is 0. The van der Waals surface area contributed by atoms with Crippen molar-refractivity contribution in [2.24, 2.45) is 0 Å². The van der Waals surface area contributed by atoms with Crippen molar-refractivity contribution >= 4 is 45.8 Å². The summed E-state index contributed by atoms with van der Waals surface area (Å²) in [6, 6.07) is 17.9. The van der Waals surface area contributed by atoms with Crippen LogP contribution in [-0.4, -0.2) is 10.6 Å². The van der Waals surface area contributed by atoms with Crippen LogP contribution in [0.2, 0.25) is 10.0 Å². The molecule has 0 saturated heterocycles. The molecule has 5 nitrogen and oxygen atoms in total. The van der Waals surface area contributed by atoms with Gasteiger partial charge < -0.3 is 15.2 Å². The molecular weight excluding hydrogens is 440 g/mol. The molecule has 4 aromatic rings. The molecule has 2 N–H and O–H groups in total. The molecule has 0 aliphatic heterocycles. The highest BCUT2D eigenvalue weighted by atomic mass is 35.5. The maximum absolute atomic E-state index is 13.6. The Balaban J connectivity index is 1.64. The van der Waals surface area contributed by atoms with Crippen molar-refractivity contribution in [2.75, 3.05) is 5.32 Å². The standard InChI is InChI=1S/C23H16Cl2FN3O2/c24-15-6-8-18-21(10-15)29(17-4-2-1-3-5-17)13-14(22(18)30)12-27-23(31)28-16-7-9-19(25)20(26)11-16/h1-11,13H,12H2,(H2,27,28,31). The zero-order chi connectivity index (χ0) is 22.0. The van der Waals surface area contributed by atoms with Crippen molar-refractivity contribution < 1.29 is 9.18 Å². The van der Waals surface area contributed by atoms with Gasteiger partial charge in [0.15, 0.2) is 5.43 Å². The largest absolute Gasteiger partial charge is 0.334 e. The summed E-state index contributed by atoms with van der Waals surface area (Å²) in [5.41, 5.74) is 1.92. The van der Waals surface area contributed by atoms with E-state index < -0.39 is 11.8 Å². The Morgan fingerprint density at radius 2 is 1.77 bits per heavy atom. The average molecular weight is 456 g/mol. The SMILES string of the molecule is O=C(NCc1cn(-c2ccccc2)c2cc(Cl)ccc2c1=O)Nc1ccc(Cl)c(F)c1. The number of nitrogens with zero attached hydrogens (tertiary/aromatic N) is 1. The average Bonchev–Trinajstić information content (AvgIpc) is 2.76. The highest BCUT2D eigenvalue weighted by molar-refractivity contribution is 6.31. The first kappa shape index (κ1) is 20.9. The molecule has 0 atom stereocenters. The Kier molecular flexibility index (Phi) is 5.93. The summed E-state index contributed by atoms with van der Waals surface area (Å²) in [5.74, 6) is -0.640. The van der Waals surface area contributed by atoms with Gasteiger partial charge in [0.1, 0.15) is 5.82 Å². The third-order valence-electron chi connectivity index (χ3n) is 4.69. The number of rotatable bonds is 4. The number of para-hydroxylation sites is 1. The molecule has 1 heterocycles. The molecule has 2 amide bonds. The molecule has 4 rings (SSSR count). The third kappa shape index (κ3) is 4.55. The second-order valence-electron chi connectivity index (χ2n) is 6.79. The number of carbonyl (C=O) groups excluding carboxylic acids is 1. The van der Waals surface area contributed by atoms with E-state index in [1.807, 2.05) is 34.9 Å². The maximum Gasteiger partial charge on any atom is 0.319 e. The predicted molar refractivity (Wildman–Crippen MR) is 122 cm³/mol. The van der Waals surface area contributed by atoms with Gasteiger partial charge in [-0.3, -0.25) is 4.79 Å². The van der Waals surface area contributed by atoms with E-state index in [-0.39, 0.29) is 22.7 Å². The number of amides is 2. The fourth-order valence-electron chi connectivity index (χ4n) is 3.21. The summed E-state index contributed by atoms with van der Waals surface area (Å²) < 4.78 is 15.4. The molecule has 0 saturated carbocycles. The van der Waals surface area contributed by atoms with Crippen LogP contribution in [0.25, 0.3) is 16.6 Å². The normalized spacial score (nSPS) is 10.8. The number of fused-ring (bicyclic) bond motifs is 1. The predicted octanol–water partition coefficient (Wildman–Crippen LogP) is 5.76. The van der Waals surface area contributed by atoms with Crippen molar-refractivity contribution in [3.8, 4) is 5.69 Å². The number of aromatic nitrogens is 1. The van der Waals surface area contributed by atoms with Gasteiger partial charge in [-0.15, -0.1) is 0 Å². The van der Waals surface area contributed by atoms with Crippen LogP contribution in [0.15, 0.2) is 77.7 Å². The van der Waals surface area contributed by atoms with Crippen molar-refractivity contribution in [2.45, 2.75) is 6.54 Å². The molecule has 8 heteroatoms. The van der Waals surface area contributed by atoms with Crippen LogP contribution in [0.4, 0.5) is 14.9 Å². The summed E-state index contributed by atoms with van der Waals surface area (Å²) in [4.78, 5) is 25.2. The third-order valence-corrected chi connectivity index (χ3v) is 5.23. The summed E-state index contributed by atoms with van der Waals surface area (Å²) in [5, 5.41) is 6.10. The lowest BCUT2D eigenvalue weighted by Crippen LogP contribution is -2.30. The number of hydrogen-bond acceptors (Lipinski definition) is 2. The second-order valence-corrected chi connectivity index (χ2v) is 7.63. The highest BCUT2D eigenvalue weighted by Crippen LogP contribution is 2.22. The van der Waals surface area contributed by atoms with E-state index in [4.69, 9.17) is 23.2 Å². The molecule has 1 aromatic heterocycles. The van der Waals surface area contributed by atoms with Crippen LogP contribution in [0.3, 0.4) is 0 Å². The van der Waals surface area contributed by atoms with E-state index >= 15 is 0 Å². The highest BCUT2D eigenvalue weighted by Gasteiger charge is 2.12. The van der Waals surface area contributed by atoms with Gasteiger partial charge in [-0.05, 0) is 48.5 Å². The van der Waals surface area contributed by atoms with Gasteiger partial charge in [0.25, 0.3) is 0 Å². The minimum absolute atomic E-state index is 0.0217. The van der Waals surface area contributed by atoms with Crippen LogP contribution in [0, 0.1) is 5.82 Å². The van der Waals surface area contributed by atoms with Gasteiger partial charge in [0, 0.05) is 40.1 Å². The second kappa shape index (κ2) is 8.79. The molecule has 0 radical (unpaired) electrons. The van der Waals surface area contributed by atoms with Gasteiger partial charge in [0.2, 0.25) is 0 Å². The van der Waals surface area contributed by atoms with Crippen molar-refractivity contribution in [1.29, 1.82) is 0 Å². The lowest BCUT2D eigenvalue weighted by Gasteiger charge is -2.15. The quantitative estimate of drug-likeness (QED) is 0.410. The van der Waals surface area contributed by atoms with E-state index in [1.54, 1.807) is 24.4 Å². The van der Waals surface area contributed by atoms with Crippen LogP contribution >= 0.6 is 23.2 Å². The Bertz CT molecular complexity index is 1340. The summed E-state index contributed by atoms with van der Waals surface area (Å²) >= 11 is 11.8. The molecule has 31 heavy (non-hydrogen) atoms. The van der Waals surface area contributed by atoms with Crippen molar-refractivity contribution in [3.63, 3.8) is 0 Å². The monoisotopic (exact) mass is 455 g/mol. The minimum Gasteiger partial charge on any atom is -0.334 e. The Hall–Kier alpha value is -3.35. The van der Waals surface area contributed by atoms with E-state index in [1.165, 1.54) is 12.1 Å². The number of halogens is 3. The number of nitrogens with one attached hydrogen (secondary N) is 2. The zero-order valence-corrected chi connectivity index (χ0v) is 17.5. The Labute approximate surface area is 187 Å².